The van der Waals surface area contributed by atoms with Crippen molar-refractivity contribution in [3.63, 3.8) is 0 Å². The van der Waals surface area contributed by atoms with Crippen LogP contribution in [0.4, 0.5) is 34.1 Å². The van der Waals surface area contributed by atoms with Gasteiger partial charge in [-0.3, -0.25) is 0 Å². The maximum Gasteiger partial charge on any atom is 0.252 e. The molecule has 0 bridgehead atoms. The van der Waals surface area contributed by atoms with Crippen LogP contribution in [0.5, 0.6) is 0 Å². The van der Waals surface area contributed by atoms with E-state index in [0.717, 1.165) is 95.1 Å². The number of aromatic nitrogens is 1. The smallest absolute Gasteiger partial charge is 0.252 e. The molecule has 71 heavy (non-hydrogen) atoms. The van der Waals surface area contributed by atoms with Gasteiger partial charge in [0, 0.05) is 61.1 Å². The molecule has 0 saturated heterocycles. The molecule has 0 fully saturated rings. The SMILES string of the molecule is c1ccc(-c2cc3c4c(c2)N(c2ccccc2-c2ccccc2)c2cc5c6ccccc6n(-c6ccccc6)c5cc2B4c2cc4oc5ccccc5c4cc2N3c2ccccc2-c2ccccc2)cc1. The lowest BCUT2D eigenvalue weighted by atomic mass is 9.33. The Hall–Kier alpha value is -9.32. The molecule has 330 valence electrons. The number of para-hydroxylation sites is 5. The molecule has 0 radical (unpaired) electrons. The van der Waals surface area contributed by atoms with Gasteiger partial charge in [-0.05, 0) is 111 Å². The minimum Gasteiger partial charge on any atom is -0.456 e. The van der Waals surface area contributed by atoms with Crippen LogP contribution in [-0.4, -0.2) is 11.3 Å². The van der Waals surface area contributed by atoms with Crippen molar-refractivity contribution in [1.29, 1.82) is 0 Å². The lowest BCUT2D eigenvalue weighted by molar-refractivity contribution is 0.669. The summed E-state index contributed by atoms with van der Waals surface area (Å²) in [6, 6.07) is 93.3. The van der Waals surface area contributed by atoms with Gasteiger partial charge in [0.05, 0.1) is 22.4 Å². The molecular weight excluding hydrogens is 862 g/mol. The van der Waals surface area contributed by atoms with Crippen molar-refractivity contribution >= 4 is 101 Å². The summed E-state index contributed by atoms with van der Waals surface area (Å²) in [7, 11) is 0. The molecule has 2 aromatic heterocycles. The highest BCUT2D eigenvalue weighted by Gasteiger charge is 2.45. The highest BCUT2D eigenvalue weighted by atomic mass is 16.3. The van der Waals surface area contributed by atoms with E-state index in [-0.39, 0.29) is 6.71 Å². The summed E-state index contributed by atoms with van der Waals surface area (Å²) in [5.41, 5.74) is 22.7. The number of fused-ring (bicyclic) bond motifs is 10. The monoisotopic (exact) mass is 903 g/mol. The van der Waals surface area contributed by atoms with Gasteiger partial charge in [-0.15, -0.1) is 0 Å². The molecule has 0 unspecified atom stereocenters. The van der Waals surface area contributed by atoms with E-state index >= 15 is 0 Å². The fraction of sp³-hybridized carbons (Fsp3) is 0. The lowest BCUT2D eigenvalue weighted by Crippen LogP contribution is -2.61. The fourth-order valence-electron chi connectivity index (χ4n) is 11.9. The standard InChI is InChI=1S/C66H42BN3O/c1-5-21-43(22-6-1)46-37-62-66-63(38-46)70(57-34-18-14-30-49(57)45-25-9-3-10-26-45)61-40-53-51-32-16-20-36-64(51)71-65(53)42-55(61)67(66)54-41-59-52(50-31-15-19-35-58(50)68(59)47-27-11-4-12-28-47)39-60(54)69(62)56-33-17-13-29-48(56)44-23-7-2-8-24-44/h1-42H. The Kier molecular flexibility index (Phi) is 8.72. The van der Waals surface area contributed by atoms with Crippen molar-refractivity contribution in [2.24, 2.45) is 0 Å². The molecule has 5 heteroatoms. The highest BCUT2D eigenvalue weighted by Crippen LogP contribution is 2.51. The first-order valence-electron chi connectivity index (χ1n) is 24.5. The summed E-state index contributed by atoms with van der Waals surface area (Å²) >= 11 is 0. The highest BCUT2D eigenvalue weighted by molar-refractivity contribution is 7.00. The van der Waals surface area contributed by atoms with Gasteiger partial charge in [0.2, 0.25) is 0 Å². The Morgan fingerprint density at radius 1 is 0.296 bits per heavy atom. The number of hydrogen-bond donors (Lipinski definition) is 0. The summed E-state index contributed by atoms with van der Waals surface area (Å²) in [6.45, 7) is -0.181. The fourth-order valence-corrected chi connectivity index (χ4v) is 11.9. The number of benzene rings is 11. The van der Waals surface area contributed by atoms with Crippen molar-refractivity contribution in [1.82, 2.24) is 4.57 Å². The molecule has 4 heterocycles. The first-order valence-corrected chi connectivity index (χ1v) is 24.5. The van der Waals surface area contributed by atoms with Gasteiger partial charge in [0.15, 0.2) is 0 Å². The van der Waals surface area contributed by atoms with E-state index in [1.165, 1.54) is 38.2 Å². The molecule has 0 aliphatic carbocycles. The van der Waals surface area contributed by atoms with Gasteiger partial charge in [0.1, 0.15) is 11.2 Å². The Morgan fingerprint density at radius 2 is 0.789 bits per heavy atom. The van der Waals surface area contributed by atoms with Gasteiger partial charge < -0.3 is 18.8 Å². The van der Waals surface area contributed by atoms with Crippen LogP contribution in [0.25, 0.3) is 82.8 Å². The van der Waals surface area contributed by atoms with Gasteiger partial charge in [-0.2, -0.15) is 0 Å². The number of anilines is 6. The molecule has 11 aromatic carbocycles. The average molecular weight is 904 g/mol. The average Bonchev–Trinajstić information content (AvgIpc) is 3.97. The Morgan fingerprint density at radius 3 is 1.42 bits per heavy atom. The van der Waals surface area contributed by atoms with Crippen LogP contribution in [0.15, 0.2) is 259 Å². The van der Waals surface area contributed by atoms with E-state index in [9.17, 15) is 0 Å². The van der Waals surface area contributed by atoms with Gasteiger partial charge in [0.25, 0.3) is 6.71 Å². The van der Waals surface area contributed by atoms with Crippen LogP contribution in [0.1, 0.15) is 0 Å². The number of hydrogen-bond acceptors (Lipinski definition) is 3. The van der Waals surface area contributed by atoms with E-state index in [4.69, 9.17) is 4.42 Å². The lowest BCUT2D eigenvalue weighted by Gasteiger charge is -2.45. The second kappa shape index (κ2) is 15.6. The molecular formula is C66H42BN3O. The van der Waals surface area contributed by atoms with Crippen molar-refractivity contribution in [2.45, 2.75) is 0 Å². The van der Waals surface area contributed by atoms with Gasteiger partial charge in [-0.25, -0.2) is 0 Å². The summed E-state index contributed by atoms with van der Waals surface area (Å²) in [4.78, 5) is 5.14. The Balaban J connectivity index is 1.13. The third kappa shape index (κ3) is 6.00. The molecule has 0 amide bonds. The third-order valence-corrected chi connectivity index (χ3v) is 14.9. The molecule has 4 nitrogen and oxygen atoms in total. The summed E-state index contributed by atoms with van der Waals surface area (Å²) in [5, 5.41) is 4.62. The normalized spacial score (nSPS) is 12.7. The van der Waals surface area contributed by atoms with Crippen LogP contribution < -0.4 is 26.2 Å². The van der Waals surface area contributed by atoms with Crippen LogP contribution in [-0.2, 0) is 0 Å². The Labute approximate surface area is 411 Å². The second-order valence-electron chi connectivity index (χ2n) is 18.8. The third-order valence-electron chi connectivity index (χ3n) is 14.9. The Bertz CT molecular complexity index is 4220. The minimum absolute atomic E-state index is 0.181. The van der Waals surface area contributed by atoms with E-state index in [1.54, 1.807) is 0 Å². The molecule has 0 spiro atoms. The maximum absolute atomic E-state index is 6.86. The topological polar surface area (TPSA) is 24.6 Å². The number of furan rings is 1. The van der Waals surface area contributed by atoms with Crippen molar-refractivity contribution in [2.75, 3.05) is 9.80 Å². The molecule has 13 aromatic rings. The molecule has 2 aliphatic rings. The van der Waals surface area contributed by atoms with E-state index in [2.05, 4.69) is 269 Å². The van der Waals surface area contributed by atoms with E-state index < -0.39 is 0 Å². The zero-order chi connectivity index (χ0) is 46.6. The van der Waals surface area contributed by atoms with Crippen LogP contribution in [0, 0.1) is 0 Å². The van der Waals surface area contributed by atoms with E-state index in [0.29, 0.717) is 0 Å². The first-order chi connectivity index (χ1) is 35.2. The molecule has 0 atom stereocenters. The van der Waals surface area contributed by atoms with E-state index in [1.807, 2.05) is 0 Å². The van der Waals surface area contributed by atoms with Crippen molar-refractivity contribution in [3.8, 4) is 39.1 Å². The zero-order valence-corrected chi connectivity index (χ0v) is 38.6. The first kappa shape index (κ1) is 39.7. The number of rotatable bonds is 6. The van der Waals surface area contributed by atoms with Crippen LogP contribution >= 0.6 is 0 Å². The largest absolute Gasteiger partial charge is 0.456 e. The molecule has 2 aliphatic heterocycles. The minimum atomic E-state index is -0.181. The van der Waals surface area contributed by atoms with Gasteiger partial charge in [-0.1, -0.05) is 182 Å². The van der Waals surface area contributed by atoms with Crippen molar-refractivity contribution in [3.05, 3.63) is 255 Å². The van der Waals surface area contributed by atoms with Crippen LogP contribution in [0.3, 0.4) is 0 Å². The van der Waals surface area contributed by atoms with Crippen molar-refractivity contribution < 1.29 is 4.42 Å². The quantitative estimate of drug-likeness (QED) is 0.155. The van der Waals surface area contributed by atoms with Gasteiger partial charge >= 0.3 is 0 Å². The summed E-state index contributed by atoms with van der Waals surface area (Å²) < 4.78 is 9.31. The summed E-state index contributed by atoms with van der Waals surface area (Å²) in [5.74, 6) is 0. The predicted octanol–water partition coefficient (Wildman–Crippen LogP) is 15.8. The molecule has 0 N–H and O–H groups in total. The maximum atomic E-state index is 6.86. The number of nitrogens with zero attached hydrogens (tertiary/aromatic N) is 3. The molecule has 15 rings (SSSR count). The second-order valence-corrected chi connectivity index (χ2v) is 18.8. The zero-order valence-electron chi connectivity index (χ0n) is 38.6. The summed E-state index contributed by atoms with van der Waals surface area (Å²) in [6.07, 6.45) is 0. The predicted molar refractivity (Wildman–Crippen MR) is 298 cm³/mol. The van der Waals surface area contributed by atoms with Crippen LogP contribution in [0.2, 0.25) is 0 Å². The molecule has 0 saturated carbocycles.